The molecule has 0 saturated carbocycles. The van der Waals surface area contributed by atoms with Gasteiger partial charge in [-0.1, -0.05) is 29.7 Å². The molecule has 29 heavy (non-hydrogen) atoms. The lowest BCUT2D eigenvalue weighted by molar-refractivity contribution is 0.143. The molecule has 2 N–H and O–H groups in total. The van der Waals surface area contributed by atoms with Gasteiger partial charge in [0.1, 0.15) is 17.0 Å². The standard InChI is InChI=1S/C22H19ClN4O2/c1-22(2,28)9-8-19-16-6-4-14(12-24)10-17(16)21(27-26-19)25-13-15-5-7-20(29-3)18(23)11-15/h4-7,10-11,28H,13H2,1-3H3,(H,25,27). The van der Waals surface area contributed by atoms with E-state index in [0.29, 0.717) is 34.4 Å². The quantitative estimate of drug-likeness (QED) is 0.638. The highest BCUT2D eigenvalue weighted by Gasteiger charge is 2.11. The van der Waals surface area contributed by atoms with Gasteiger partial charge in [-0.15, -0.1) is 10.2 Å². The van der Waals surface area contributed by atoms with E-state index in [4.69, 9.17) is 16.3 Å². The third-order valence-electron chi connectivity index (χ3n) is 4.07. The summed E-state index contributed by atoms with van der Waals surface area (Å²) >= 11 is 6.19. The zero-order valence-corrected chi connectivity index (χ0v) is 17.0. The molecule has 0 unspecified atom stereocenters. The predicted molar refractivity (Wildman–Crippen MR) is 113 cm³/mol. The van der Waals surface area contributed by atoms with Gasteiger partial charge in [0.15, 0.2) is 5.82 Å². The number of nitriles is 1. The number of methoxy groups -OCH3 is 1. The Labute approximate surface area is 174 Å². The fourth-order valence-electron chi connectivity index (χ4n) is 2.66. The summed E-state index contributed by atoms with van der Waals surface area (Å²) in [4.78, 5) is 0. The first-order valence-corrected chi connectivity index (χ1v) is 9.21. The number of halogens is 1. The number of rotatable bonds is 4. The number of benzene rings is 2. The topological polar surface area (TPSA) is 91.1 Å². The number of aromatic nitrogens is 2. The molecule has 1 aromatic heterocycles. The van der Waals surface area contributed by atoms with Gasteiger partial charge in [0.25, 0.3) is 0 Å². The molecule has 2 aromatic carbocycles. The Morgan fingerprint density at radius 2 is 1.97 bits per heavy atom. The number of nitrogens with one attached hydrogen (secondary N) is 1. The molecule has 7 heteroatoms. The molecule has 0 atom stereocenters. The first-order chi connectivity index (χ1) is 13.8. The molecular weight excluding hydrogens is 388 g/mol. The minimum absolute atomic E-state index is 0.435. The monoisotopic (exact) mass is 406 g/mol. The Morgan fingerprint density at radius 1 is 1.17 bits per heavy atom. The van der Waals surface area contributed by atoms with Crippen molar-refractivity contribution in [2.75, 3.05) is 12.4 Å². The molecular formula is C22H19ClN4O2. The summed E-state index contributed by atoms with van der Waals surface area (Å²) < 4.78 is 5.17. The molecule has 0 spiro atoms. The molecule has 0 aliphatic heterocycles. The lowest BCUT2D eigenvalue weighted by atomic mass is 10.1. The van der Waals surface area contributed by atoms with Gasteiger partial charge < -0.3 is 15.2 Å². The Morgan fingerprint density at radius 3 is 2.62 bits per heavy atom. The summed E-state index contributed by atoms with van der Waals surface area (Å²) in [6.07, 6.45) is 0. The minimum atomic E-state index is -1.15. The van der Waals surface area contributed by atoms with Gasteiger partial charge >= 0.3 is 0 Å². The number of nitrogens with zero attached hydrogens (tertiary/aromatic N) is 3. The van der Waals surface area contributed by atoms with Crippen molar-refractivity contribution >= 4 is 28.2 Å². The number of hydrogen-bond donors (Lipinski definition) is 2. The van der Waals surface area contributed by atoms with Crippen molar-refractivity contribution < 1.29 is 9.84 Å². The van der Waals surface area contributed by atoms with E-state index >= 15 is 0 Å². The van der Waals surface area contributed by atoms with Gasteiger partial charge in [0, 0.05) is 17.3 Å². The van der Waals surface area contributed by atoms with E-state index in [9.17, 15) is 10.4 Å². The zero-order valence-electron chi connectivity index (χ0n) is 16.2. The van der Waals surface area contributed by atoms with Gasteiger partial charge in [0.05, 0.1) is 23.8 Å². The molecule has 3 aromatic rings. The summed E-state index contributed by atoms with van der Waals surface area (Å²) in [6, 6.07) is 12.9. The van der Waals surface area contributed by atoms with Crippen molar-refractivity contribution in [3.8, 4) is 23.7 Å². The van der Waals surface area contributed by atoms with Gasteiger partial charge in [-0.3, -0.25) is 0 Å². The largest absolute Gasteiger partial charge is 0.495 e. The maximum atomic E-state index is 9.86. The summed E-state index contributed by atoms with van der Waals surface area (Å²) in [5, 5.41) is 32.8. The molecule has 0 fully saturated rings. The predicted octanol–water partition coefficient (Wildman–Crippen LogP) is 3.90. The molecule has 146 valence electrons. The van der Waals surface area contributed by atoms with E-state index in [1.807, 2.05) is 12.1 Å². The SMILES string of the molecule is COc1ccc(CNc2nnc(C#CC(C)(C)O)c3ccc(C#N)cc23)cc1Cl. The molecule has 3 rings (SSSR count). The molecule has 6 nitrogen and oxygen atoms in total. The van der Waals surface area contributed by atoms with Crippen molar-refractivity contribution in [3.63, 3.8) is 0 Å². The molecule has 0 bridgehead atoms. The van der Waals surface area contributed by atoms with Crippen LogP contribution in [0.3, 0.4) is 0 Å². The molecule has 0 aliphatic rings. The van der Waals surface area contributed by atoms with Crippen LogP contribution in [0.4, 0.5) is 5.82 Å². The van der Waals surface area contributed by atoms with Crippen LogP contribution in [0, 0.1) is 23.2 Å². The Kier molecular flexibility index (Phi) is 5.89. The maximum Gasteiger partial charge on any atom is 0.156 e. The van der Waals surface area contributed by atoms with E-state index < -0.39 is 5.60 Å². The van der Waals surface area contributed by atoms with E-state index in [0.717, 1.165) is 16.3 Å². The fraction of sp³-hybridized carbons (Fsp3) is 0.227. The maximum absolute atomic E-state index is 9.86. The normalized spacial score (nSPS) is 10.8. The van der Waals surface area contributed by atoms with Crippen LogP contribution in [0.25, 0.3) is 10.8 Å². The number of hydrogen-bond acceptors (Lipinski definition) is 6. The lowest BCUT2D eigenvalue weighted by Gasteiger charge is -2.11. The van der Waals surface area contributed by atoms with Crippen molar-refractivity contribution in [3.05, 3.63) is 58.2 Å². The van der Waals surface area contributed by atoms with Crippen LogP contribution < -0.4 is 10.1 Å². The summed E-state index contributed by atoms with van der Waals surface area (Å²) in [7, 11) is 1.57. The van der Waals surface area contributed by atoms with Crippen molar-refractivity contribution in [2.45, 2.75) is 26.0 Å². The number of fused-ring (bicyclic) bond motifs is 1. The molecule has 0 aliphatic carbocycles. The average molecular weight is 407 g/mol. The number of ether oxygens (including phenoxy) is 1. The molecule has 0 radical (unpaired) electrons. The van der Waals surface area contributed by atoms with E-state index in [1.165, 1.54) is 0 Å². The van der Waals surface area contributed by atoms with Crippen molar-refractivity contribution in [1.82, 2.24) is 10.2 Å². The highest BCUT2D eigenvalue weighted by molar-refractivity contribution is 6.32. The van der Waals surface area contributed by atoms with Crippen molar-refractivity contribution in [1.29, 1.82) is 5.26 Å². The van der Waals surface area contributed by atoms with E-state index in [1.54, 1.807) is 45.2 Å². The van der Waals surface area contributed by atoms with Crippen LogP contribution >= 0.6 is 11.6 Å². The first-order valence-electron chi connectivity index (χ1n) is 8.83. The lowest BCUT2D eigenvalue weighted by Crippen LogP contribution is -2.14. The van der Waals surface area contributed by atoms with Crippen LogP contribution in [-0.2, 0) is 6.54 Å². The third-order valence-corrected chi connectivity index (χ3v) is 4.37. The zero-order chi connectivity index (χ0) is 21.0. The summed E-state index contributed by atoms with van der Waals surface area (Å²) in [5.41, 5.74) is 0.728. The minimum Gasteiger partial charge on any atom is -0.495 e. The Hall–Kier alpha value is -3.32. The molecule has 0 amide bonds. The second-order valence-corrected chi connectivity index (χ2v) is 7.31. The first kappa shape index (κ1) is 20.4. The van der Waals surface area contributed by atoms with Crippen LogP contribution in [0.15, 0.2) is 36.4 Å². The molecule has 1 heterocycles. The summed E-state index contributed by atoms with van der Waals surface area (Å²) in [5.74, 6) is 6.75. The van der Waals surface area contributed by atoms with Crippen LogP contribution in [0.1, 0.15) is 30.7 Å². The number of anilines is 1. The van der Waals surface area contributed by atoms with Gasteiger partial charge in [-0.2, -0.15) is 5.26 Å². The van der Waals surface area contributed by atoms with Gasteiger partial charge in [0.2, 0.25) is 0 Å². The third kappa shape index (κ3) is 4.94. The Bertz CT molecular complexity index is 1170. The second kappa shape index (κ2) is 8.36. The smallest absolute Gasteiger partial charge is 0.156 e. The van der Waals surface area contributed by atoms with Gasteiger partial charge in [-0.25, -0.2) is 0 Å². The highest BCUT2D eigenvalue weighted by Crippen LogP contribution is 2.27. The van der Waals surface area contributed by atoms with Crippen molar-refractivity contribution in [2.24, 2.45) is 0 Å². The Balaban J connectivity index is 1.98. The molecule has 0 saturated heterocycles. The van der Waals surface area contributed by atoms with Gasteiger partial charge in [-0.05, 0) is 49.6 Å². The number of aliphatic hydroxyl groups is 1. The van der Waals surface area contributed by atoms with E-state index in [-0.39, 0.29) is 0 Å². The summed E-state index contributed by atoms with van der Waals surface area (Å²) in [6.45, 7) is 3.65. The second-order valence-electron chi connectivity index (χ2n) is 6.90. The van der Waals surface area contributed by atoms with Crippen LogP contribution in [0.5, 0.6) is 5.75 Å². The van der Waals surface area contributed by atoms with Crippen LogP contribution in [-0.4, -0.2) is 28.0 Å². The average Bonchev–Trinajstić information content (AvgIpc) is 2.70. The van der Waals surface area contributed by atoms with Crippen LogP contribution in [0.2, 0.25) is 5.02 Å². The fourth-order valence-corrected chi connectivity index (χ4v) is 2.94. The van der Waals surface area contributed by atoms with E-state index in [2.05, 4.69) is 33.4 Å². The highest BCUT2D eigenvalue weighted by atomic mass is 35.5.